The SMILES string of the molecule is CCc1cc(-c2ccccc2)cc(-c2ccccn2)n1. The van der Waals surface area contributed by atoms with Crippen molar-refractivity contribution in [3.05, 3.63) is 72.6 Å². The van der Waals surface area contributed by atoms with Gasteiger partial charge in [0.25, 0.3) is 0 Å². The molecule has 3 rings (SSSR count). The molecule has 0 N–H and O–H groups in total. The number of rotatable bonds is 3. The molecular weight excluding hydrogens is 244 g/mol. The number of benzene rings is 1. The summed E-state index contributed by atoms with van der Waals surface area (Å²) in [5.74, 6) is 0. The van der Waals surface area contributed by atoms with Gasteiger partial charge >= 0.3 is 0 Å². The summed E-state index contributed by atoms with van der Waals surface area (Å²) in [5.41, 5.74) is 5.34. The smallest absolute Gasteiger partial charge is 0.0895 e. The number of pyridine rings is 2. The van der Waals surface area contributed by atoms with E-state index in [4.69, 9.17) is 0 Å². The predicted octanol–water partition coefficient (Wildman–Crippen LogP) is 4.37. The summed E-state index contributed by atoms with van der Waals surface area (Å²) >= 11 is 0. The minimum absolute atomic E-state index is 0.917. The monoisotopic (exact) mass is 260 g/mol. The molecule has 2 heterocycles. The van der Waals surface area contributed by atoms with Gasteiger partial charge in [0.05, 0.1) is 11.4 Å². The Morgan fingerprint density at radius 2 is 1.60 bits per heavy atom. The van der Waals surface area contributed by atoms with E-state index in [9.17, 15) is 0 Å². The van der Waals surface area contributed by atoms with Gasteiger partial charge in [-0.15, -0.1) is 0 Å². The maximum Gasteiger partial charge on any atom is 0.0895 e. The van der Waals surface area contributed by atoms with Gasteiger partial charge in [-0.1, -0.05) is 43.3 Å². The van der Waals surface area contributed by atoms with Gasteiger partial charge in [-0.05, 0) is 41.8 Å². The Morgan fingerprint density at radius 3 is 2.30 bits per heavy atom. The summed E-state index contributed by atoms with van der Waals surface area (Å²) in [7, 11) is 0. The quantitative estimate of drug-likeness (QED) is 0.698. The highest BCUT2D eigenvalue weighted by Crippen LogP contribution is 2.25. The van der Waals surface area contributed by atoms with Crippen molar-refractivity contribution in [2.75, 3.05) is 0 Å². The third-order valence-corrected chi connectivity index (χ3v) is 3.28. The van der Waals surface area contributed by atoms with E-state index in [1.165, 1.54) is 11.1 Å². The van der Waals surface area contributed by atoms with Crippen LogP contribution >= 0.6 is 0 Å². The van der Waals surface area contributed by atoms with Crippen LogP contribution in [0.1, 0.15) is 12.6 Å². The molecule has 0 aliphatic heterocycles. The fourth-order valence-electron chi connectivity index (χ4n) is 2.21. The summed E-state index contributed by atoms with van der Waals surface area (Å²) in [6.07, 6.45) is 2.72. The van der Waals surface area contributed by atoms with Gasteiger partial charge in [0.1, 0.15) is 0 Å². The molecule has 0 spiro atoms. The van der Waals surface area contributed by atoms with Crippen molar-refractivity contribution in [1.29, 1.82) is 0 Å². The summed E-state index contributed by atoms with van der Waals surface area (Å²) in [4.78, 5) is 9.08. The van der Waals surface area contributed by atoms with Gasteiger partial charge in [-0.3, -0.25) is 9.97 Å². The van der Waals surface area contributed by atoms with Gasteiger partial charge in [-0.2, -0.15) is 0 Å². The molecule has 20 heavy (non-hydrogen) atoms. The molecule has 1 aromatic carbocycles. The van der Waals surface area contributed by atoms with Crippen molar-refractivity contribution in [3.63, 3.8) is 0 Å². The highest BCUT2D eigenvalue weighted by molar-refractivity contribution is 5.69. The van der Waals surface area contributed by atoms with Crippen molar-refractivity contribution in [1.82, 2.24) is 9.97 Å². The number of aromatic nitrogens is 2. The van der Waals surface area contributed by atoms with E-state index in [0.29, 0.717) is 0 Å². The van der Waals surface area contributed by atoms with Crippen LogP contribution in [0.3, 0.4) is 0 Å². The van der Waals surface area contributed by atoms with Crippen LogP contribution in [0.5, 0.6) is 0 Å². The second-order valence-corrected chi connectivity index (χ2v) is 4.67. The Kier molecular flexibility index (Phi) is 3.55. The van der Waals surface area contributed by atoms with Crippen LogP contribution in [-0.2, 0) is 6.42 Å². The van der Waals surface area contributed by atoms with Crippen molar-refractivity contribution in [3.8, 4) is 22.5 Å². The first-order chi connectivity index (χ1) is 9.86. The fraction of sp³-hybridized carbons (Fsp3) is 0.111. The van der Waals surface area contributed by atoms with E-state index in [1.807, 2.05) is 24.3 Å². The predicted molar refractivity (Wildman–Crippen MR) is 82.3 cm³/mol. The molecule has 0 aliphatic carbocycles. The van der Waals surface area contributed by atoms with E-state index >= 15 is 0 Å². The topological polar surface area (TPSA) is 25.8 Å². The van der Waals surface area contributed by atoms with Crippen molar-refractivity contribution in [2.45, 2.75) is 13.3 Å². The zero-order valence-electron chi connectivity index (χ0n) is 11.5. The molecule has 0 radical (unpaired) electrons. The van der Waals surface area contributed by atoms with Crippen molar-refractivity contribution >= 4 is 0 Å². The maximum absolute atomic E-state index is 4.69. The lowest BCUT2D eigenvalue weighted by Gasteiger charge is -2.08. The van der Waals surface area contributed by atoms with Gasteiger partial charge in [0.15, 0.2) is 0 Å². The van der Waals surface area contributed by atoms with E-state index in [1.54, 1.807) is 6.20 Å². The third kappa shape index (κ3) is 2.59. The maximum atomic E-state index is 4.69. The van der Waals surface area contributed by atoms with Crippen molar-refractivity contribution < 1.29 is 0 Å². The molecular formula is C18H16N2. The number of hydrogen-bond donors (Lipinski definition) is 0. The van der Waals surface area contributed by atoms with E-state index in [2.05, 4.69) is 53.3 Å². The highest BCUT2D eigenvalue weighted by atomic mass is 14.8. The molecule has 98 valence electrons. The minimum Gasteiger partial charge on any atom is -0.255 e. The molecule has 2 nitrogen and oxygen atoms in total. The molecule has 3 aromatic rings. The second kappa shape index (κ2) is 5.66. The largest absolute Gasteiger partial charge is 0.255 e. The summed E-state index contributed by atoms with van der Waals surface area (Å²) in [6.45, 7) is 2.12. The molecule has 0 saturated carbocycles. The van der Waals surface area contributed by atoms with Gasteiger partial charge in [0.2, 0.25) is 0 Å². The molecule has 2 heteroatoms. The second-order valence-electron chi connectivity index (χ2n) is 4.67. The number of aryl methyl sites for hydroxylation is 1. The van der Waals surface area contributed by atoms with Crippen LogP contribution in [0.25, 0.3) is 22.5 Å². The summed E-state index contributed by atoms with van der Waals surface area (Å²) in [6, 6.07) is 20.6. The molecule has 0 bridgehead atoms. The lowest BCUT2D eigenvalue weighted by atomic mass is 10.0. The normalized spacial score (nSPS) is 10.4. The Balaban J connectivity index is 2.13. The van der Waals surface area contributed by atoms with Gasteiger partial charge in [-0.25, -0.2) is 0 Å². The standard InChI is InChI=1S/C18H16N2/c1-2-16-12-15(14-8-4-3-5-9-14)13-18(20-16)17-10-6-7-11-19-17/h3-13H,2H2,1H3. The first-order valence-electron chi connectivity index (χ1n) is 6.84. The lowest BCUT2D eigenvalue weighted by molar-refractivity contribution is 1.04. The molecule has 0 fully saturated rings. The average molecular weight is 260 g/mol. The van der Waals surface area contributed by atoms with E-state index < -0.39 is 0 Å². The van der Waals surface area contributed by atoms with Crippen LogP contribution in [0.15, 0.2) is 66.9 Å². The molecule has 0 unspecified atom stereocenters. The number of nitrogens with zero attached hydrogens (tertiary/aromatic N) is 2. The Bertz CT molecular complexity index is 633. The van der Waals surface area contributed by atoms with Crippen LogP contribution in [0.2, 0.25) is 0 Å². The van der Waals surface area contributed by atoms with Gasteiger partial charge < -0.3 is 0 Å². The lowest BCUT2D eigenvalue weighted by Crippen LogP contribution is -1.94. The zero-order chi connectivity index (χ0) is 13.8. The van der Waals surface area contributed by atoms with Gasteiger partial charge in [0, 0.05) is 11.9 Å². The Labute approximate surface area is 119 Å². The van der Waals surface area contributed by atoms with E-state index in [0.717, 1.165) is 23.5 Å². The third-order valence-electron chi connectivity index (χ3n) is 3.28. The van der Waals surface area contributed by atoms with E-state index in [-0.39, 0.29) is 0 Å². The molecule has 0 saturated heterocycles. The minimum atomic E-state index is 0.917. The highest BCUT2D eigenvalue weighted by Gasteiger charge is 2.06. The van der Waals surface area contributed by atoms with Crippen LogP contribution in [0.4, 0.5) is 0 Å². The number of hydrogen-bond acceptors (Lipinski definition) is 2. The Hall–Kier alpha value is -2.48. The first kappa shape index (κ1) is 12.5. The molecule has 0 amide bonds. The van der Waals surface area contributed by atoms with Crippen LogP contribution in [0, 0.1) is 0 Å². The first-order valence-corrected chi connectivity index (χ1v) is 6.84. The van der Waals surface area contributed by atoms with Crippen LogP contribution < -0.4 is 0 Å². The fourth-order valence-corrected chi connectivity index (χ4v) is 2.21. The Morgan fingerprint density at radius 1 is 0.800 bits per heavy atom. The van der Waals surface area contributed by atoms with Crippen LogP contribution in [-0.4, -0.2) is 9.97 Å². The summed E-state index contributed by atoms with van der Waals surface area (Å²) in [5, 5.41) is 0. The summed E-state index contributed by atoms with van der Waals surface area (Å²) < 4.78 is 0. The van der Waals surface area contributed by atoms with Crippen molar-refractivity contribution in [2.24, 2.45) is 0 Å². The molecule has 0 aliphatic rings. The molecule has 0 atom stereocenters. The molecule has 2 aromatic heterocycles. The average Bonchev–Trinajstić information content (AvgIpc) is 2.56. The zero-order valence-corrected chi connectivity index (χ0v) is 11.5.